The number of benzene rings is 1. The van der Waals surface area contributed by atoms with Crippen LogP contribution < -0.4 is 5.32 Å². The Morgan fingerprint density at radius 2 is 2.00 bits per heavy atom. The molecule has 1 aromatic carbocycles. The van der Waals surface area contributed by atoms with Gasteiger partial charge in [0.1, 0.15) is 5.82 Å². The van der Waals surface area contributed by atoms with Gasteiger partial charge in [-0.2, -0.15) is 0 Å². The minimum atomic E-state index is 0. The van der Waals surface area contributed by atoms with Crippen LogP contribution in [0.2, 0.25) is 0 Å². The molecule has 24 heavy (non-hydrogen) atoms. The van der Waals surface area contributed by atoms with E-state index in [1.807, 2.05) is 26.4 Å². The molecule has 2 heterocycles. The molecule has 130 valence electrons. The monoisotopic (exact) mass is 439 g/mol. The molecule has 1 N–H and O–H groups in total. The minimum absolute atomic E-state index is 0. The molecule has 0 amide bonds. The van der Waals surface area contributed by atoms with Gasteiger partial charge in [0.05, 0.1) is 0 Å². The third-order valence-electron chi connectivity index (χ3n) is 4.34. The Bertz CT molecular complexity index is 674. The molecule has 0 radical (unpaired) electrons. The fraction of sp³-hybridized carbons (Fsp3) is 0.444. The highest BCUT2D eigenvalue weighted by Gasteiger charge is 2.15. The zero-order valence-corrected chi connectivity index (χ0v) is 16.7. The normalized spacial score (nSPS) is 14.6. The average Bonchev–Trinajstić information content (AvgIpc) is 3.22. The van der Waals surface area contributed by atoms with Crippen molar-refractivity contribution in [2.24, 2.45) is 4.99 Å². The van der Waals surface area contributed by atoms with Crippen molar-refractivity contribution in [2.75, 3.05) is 20.1 Å². The van der Waals surface area contributed by atoms with E-state index in [4.69, 9.17) is 0 Å². The predicted octanol–water partition coefficient (Wildman–Crippen LogP) is 3.03. The lowest BCUT2D eigenvalue weighted by Crippen LogP contribution is -2.39. The van der Waals surface area contributed by atoms with E-state index in [0.717, 1.165) is 38.0 Å². The first kappa shape index (κ1) is 18.8. The van der Waals surface area contributed by atoms with Crippen LogP contribution in [0.25, 0.3) is 0 Å². The van der Waals surface area contributed by atoms with E-state index in [9.17, 15) is 0 Å². The number of nitrogens with one attached hydrogen (secondary N) is 1. The lowest BCUT2D eigenvalue weighted by molar-refractivity contribution is 0.493. The largest absolute Gasteiger partial charge is 0.352 e. The van der Waals surface area contributed by atoms with E-state index in [1.54, 1.807) is 0 Å². The number of guanidine groups is 1. The van der Waals surface area contributed by atoms with Gasteiger partial charge in [0.15, 0.2) is 5.96 Å². The van der Waals surface area contributed by atoms with Crippen molar-refractivity contribution >= 4 is 29.9 Å². The minimum Gasteiger partial charge on any atom is -0.352 e. The van der Waals surface area contributed by atoms with Crippen molar-refractivity contribution in [3.8, 4) is 0 Å². The second-order valence-corrected chi connectivity index (χ2v) is 6.02. The second-order valence-electron chi connectivity index (χ2n) is 6.02. The second kappa shape index (κ2) is 9.05. The molecule has 1 aliphatic heterocycles. The third kappa shape index (κ3) is 4.72. The van der Waals surface area contributed by atoms with E-state index in [2.05, 4.69) is 49.0 Å². The van der Waals surface area contributed by atoms with Crippen LogP contribution in [0, 0.1) is 6.92 Å². The number of aromatic nitrogens is 2. The van der Waals surface area contributed by atoms with Crippen LogP contribution in [0.15, 0.2) is 41.7 Å². The Morgan fingerprint density at radius 1 is 1.25 bits per heavy atom. The van der Waals surface area contributed by atoms with Gasteiger partial charge >= 0.3 is 0 Å². The first-order valence-corrected chi connectivity index (χ1v) is 8.27. The van der Waals surface area contributed by atoms with Crippen molar-refractivity contribution < 1.29 is 0 Å². The smallest absolute Gasteiger partial charge is 0.193 e. The van der Waals surface area contributed by atoms with Crippen LogP contribution in [-0.4, -0.2) is 40.5 Å². The summed E-state index contributed by atoms with van der Waals surface area (Å²) < 4.78 is 2.16. The molecule has 0 bridgehead atoms. The van der Waals surface area contributed by atoms with E-state index in [-0.39, 0.29) is 24.0 Å². The van der Waals surface area contributed by atoms with E-state index < -0.39 is 0 Å². The summed E-state index contributed by atoms with van der Waals surface area (Å²) in [5.74, 6) is 2.06. The summed E-state index contributed by atoms with van der Waals surface area (Å²) in [4.78, 5) is 11.0. The average molecular weight is 439 g/mol. The molecule has 3 rings (SSSR count). The van der Waals surface area contributed by atoms with Crippen molar-refractivity contribution in [1.29, 1.82) is 0 Å². The molecule has 0 saturated carbocycles. The molecule has 2 aromatic rings. The molecule has 5 nitrogen and oxygen atoms in total. The fourth-order valence-electron chi connectivity index (χ4n) is 3.05. The topological polar surface area (TPSA) is 45.5 Å². The standard InChI is InChI=1S/C18H25N5.HI/c1-15-20-8-11-23(15)14-17-7-5-6-16(12-17)13-21-18(19-2)22-9-3-4-10-22;/h5-8,11-12H,3-4,9-10,13-14H2,1-2H3,(H,19,21);1H. The fourth-order valence-corrected chi connectivity index (χ4v) is 3.05. The van der Waals surface area contributed by atoms with Gasteiger partial charge in [-0.25, -0.2) is 4.98 Å². The number of rotatable bonds is 4. The predicted molar refractivity (Wildman–Crippen MR) is 109 cm³/mol. The Hall–Kier alpha value is -1.57. The molecule has 1 aliphatic rings. The van der Waals surface area contributed by atoms with Crippen molar-refractivity contribution in [2.45, 2.75) is 32.9 Å². The number of nitrogens with zero attached hydrogens (tertiary/aromatic N) is 4. The Balaban J connectivity index is 0.00000208. The first-order chi connectivity index (χ1) is 11.3. The van der Waals surface area contributed by atoms with Gasteiger partial charge in [0, 0.05) is 45.6 Å². The molecular formula is C18H26IN5. The first-order valence-electron chi connectivity index (χ1n) is 8.27. The highest BCUT2D eigenvalue weighted by Crippen LogP contribution is 2.10. The molecule has 1 fully saturated rings. The number of aliphatic imine (C=N–C) groups is 1. The highest BCUT2D eigenvalue weighted by atomic mass is 127. The maximum Gasteiger partial charge on any atom is 0.193 e. The summed E-state index contributed by atoms with van der Waals surface area (Å²) in [7, 11) is 1.86. The van der Waals surface area contributed by atoms with Crippen molar-refractivity contribution in [1.82, 2.24) is 19.8 Å². The van der Waals surface area contributed by atoms with Gasteiger partial charge in [-0.05, 0) is 30.9 Å². The SMILES string of the molecule is CN=C(NCc1cccc(Cn2ccnc2C)c1)N1CCCC1.I. The number of hydrogen-bond acceptors (Lipinski definition) is 2. The summed E-state index contributed by atoms with van der Waals surface area (Å²) in [6, 6.07) is 8.70. The summed E-state index contributed by atoms with van der Waals surface area (Å²) in [5, 5.41) is 3.48. The van der Waals surface area contributed by atoms with Gasteiger partial charge < -0.3 is 14.8 Å². The molecule has 6 heteroatoms. The lowest BCUT2D eigenvalue weighted by Gasteiger charge is -2.21. The van der Waals surface area contributed by atoms with Crippen LogP contribution in [-0.2, 0) is 13.1 Å². The maximum absolute atomic E-state index is 4.40. The van der Waals surface area contributed by atoms with Gasteiger partial charge in [-0.1, -0.05) is 24.3 Å². The van der Waals surface area contributed by atoms with Crippen LogP contribution >= 0.6 is 24.0 Å². The number of hydrogen-bond donors (Lipinski definition) is 1. The maximum atomic E-state index is 4.40. The lowest BCUT2D eigenvalue weighted by atomic mass is 10.1. The molecular weight excluding hydrogens is 413 g/mol. The Kier molecular flexibility index (Phi) is 7.08. The van der Waals surface area contributed by atoms with E-state index in [1.165, 1.54) is 24.0 Å². The summed E-state index contributed by atoms with van der Waals surface area (Å²) >= 11 is 0. The number of halogens is 1. The zero-order chi connectivity index (χ0) is 16.1. The van der Waals surface area contributed by atoms with Crippen molar-refractivity contribution in [3.63, 3.8) is 0 Å². The molecule has 0 spiro atoms. The van der Waals surface area contributed by atoms with Gasteiger partial charge in [-0.15, -0.1) is 24.0 Å². The molecule has 0 unspecified atom stereocenters. The molecule has 0 atom stereocenters. The third-order valence-corrected chi connectivity index (χ3v) is 4.34. The van der Waals surface area contributed by atoms with Gasteiger partial charge in [0.25, 0.3) is 0 Å². The summed E-state index contributed by atoms with van der Waals surface area (Å²) in [6.07, 6.45) is 6.40. The summed E-state index contributed by atoms with van der Waals surface area (Å²) in [5.41, 5.74) is 2.57. The molecule has 1 saturated heterocycles. The number of imidazole rings is 1. The number of likely N-dealkylation sites (tertiary alicyclic amines) is 1. The van der Waals surface area contributed by atoms with E-state index >= 15 is 0 Å². The Morgan fingerprint density at radius 3 is 2.67 bits per heavy atom. The Labute approximate surface area is 161 Å². The zero-order valence-electron chi connectivity index (χ0n) is 14.4. The van der Waals surface area contributed by atoms with Gasteiger partial charge in [0.2, 0.25) is 0 Å². The van der Waals surface area contributed by atoms with Gasteiger partial charge in [-0.3, -0.25) is 4.99 Å². The quantitative estimate of drug-likeness (QED) is 0.453. The summed E-state index contributed by atoms with van der Waals surface area (Å²) in [6.45, 7) is 5.92. The van der Waals surface area contributed by atoms with Crippen LogP contribution in [0.3, 0.4) is 0 Å². The van der Waals surface area contributed by atoms with Crippen LogP contribution in [0.1, 0.15) is 29.8 Å². The van der Waals surface area contributed by atoms with E-state index in [0.29, 0.717) is 0 Å². The molecule has 1 aromatic heterocycles. The highest BCUT2D eigenvalue weighted by molar-refractivity contribution is 14.0. The molecule has 0 aliphatic carbocycles. The number of aryl methyl sites for hydroxylation is 1. The van der Waals surface area contributed by atoms with Crippen LogP contribution in [0.5, 0.6) is 0 Å². The van der Waals surface area contributed by atoms with Crippen LogP contribution in [0.4, 0.5) is 0 Å². The van der Waals surface area contributed by atoms with Crippen molar-refractivity contribution in [3.05, 3.63) is 53.6 Å².